The maximum atomic E-state index is 11.3. The van der Waals surface area contributed by atoms with Gasteiger partial charge in [-0.25, -0.2) is 8.42 Å². The minimum Gasteiger partial charge on any atom is -0.386 e. The van der Waals surface area contributed by atoms with E-state index in [-0.39, 0.29) is 5.75 Å². The van der Waals surface area contributed by atoms with Gasteiger partial charge < -0.3 is 5.11 Å². The number of hydrogen-bond donors (Lipinski definition) is 1. The molecule has 1 aliphatic heterocycles. The van der Waals surface area contributed by atoms with Crippen LogP contribution in [0.4, 0.5) is 0 Å². The highest BCUT2D eigenvalue weighted by atomic mass is 32.2. The summed E-state index contributed by atoms with van der Waals surface area (Å²) >= 11 is 0. The Bertz CT molecular complexity index is 844. The summed E-state index contributed by atoms with van der Waals surface area (Å²) in [5.41, 5.74) is 2.61. The van der Waals surface area contributed by atoms with E-state index < -0.39 is 15.9 Å². The quantitative estimate of drug-likeness (QED) is 0.844. The van der Waals surface area contributed by atoms with E-state index in [0.29, 0.717) is 5.69 Å². The molecule has 0 saturated carbocycles. The Morgan fingerprint density at radius 2 is 2.04 bits per heavy atom. The van der Waals surface area contributed by atoms with Gasteiger partial charge in [-0.15, -0.1) is 0 Å². The van der Waals surface area contributed by atoms with Crippen LogP contribution in [0, 0.1) is 0 Å². The zero-order valence-electron chi connectivity index (χ0n) is 14.2. The van der Waals surface area contributed by atoms with Gasteiger partial charge in [0.15, 0.2) is 0 Å². The fourth-order valence-corrected chi connectivity index (χ4v) is 3.68. The number of rotatable bonds is 6. The summed E-state index contributed by atoms with van der Waals surface area (Å²) in [4.78, 5) is 2.29. The highest BCUT2D eigenvalue weighted by Gasteiger charge is 2.22. The highest BCUT2D eigenvalue weighted by molar-refractivity contribution is 7.90. The van der Waals surface area contributed by atoms with Crippen LogP contribution < -0.4 is 0 Å². The molecule has 134 valence electrons. The third-order valence-electron chi connectivity index (χ3n) is 4.17. The number of aromatic nitrogens is 2. The molecule has 0 aliphatic carbocycles. The second-order valence-corrected chi connectivity index (χ2v) is 8.62. The third kappa shape index (κ3) is 5.01. The summed E-state index contributed by atoms with van der Waals surface area (Å²) in [5, 5.41) is 14.4. The van der Waals surface area contributed by atoms with E-state index in [1.54, 1.807) is 0 Å². The Morgan fingerprint density at radius 3 is 2.76 bits per heavy atom. The van der Waals surface area contributed by atoms with Gasteiger partial charge in [-0.3, -0.25) is 9.58 Å². The normalized spacial score (nSPS) is 16.9. The van der Waals surface area contributed by atoms with Crippen molar-refractivity contribution in [2.45, 2.75) is 19.2 Å². The number of aliphatic hydroxyl groups is 1. The van der Waals surface area contributed by atoms with Crippen molar-refractivity contribution in [3.8, 4) is 0 Å². The molecule has 6 nitrogen and oxygen atoms in total. The van der Waals surface area contributed by atoms with Crippen LogP contribution in [0.3, 0.4) is 0 Å². The van der Waals surface area contributed by atoms with Gasteiger partial charge in [0.05, 0.1) is 23.7 Å². The first-order valence-electron chi connectivity index (χ1n) is 8.27. The Labute approximate surface area is 148 Å². The molecule has 2 heterocycles. The van der Waals surface area contributed by atoms with Crippen molar-refractivity contribution >= 4 is 15.9 Å². The fourth-order valence-electron chi connectivity index (χ4n) is 2.94. The van der Waals surface area contributed by atoms with E-state index in [0.717, 1.165) is 38.1 Å². The number of aliphatic hydroxyl groups excluding tert-OH is 1. The predicted octanol–water partition coefficient (Wildman–Crippen LogP) is 1.49. The topological polar surface area (TPSA) is 75.4 Å². The van der Waals surface area contributed by atoms with Crippen molar-refractivity contribution < 1.29 is 13.5 Å². The summed E-state index contributed by atoms with van der Waals surface area (Å²) in [6, 6.07) is 12.0. The third-order valence-corrected chi connectivity index (χ3v) is 5.09. The first kappa shape index (κ1) is 17.8. The van der Waals surface area contributed by atoms with Gasteiger partial charge in [0.1, 0.15) is 15.9 Å². The van der Waals surface area contributed by atoms with Gasteiger partial charge in [-0.1, -0.05) is 42.5 Å². The van der Waals surface area contributed by atoms with E-state index in [1.807, 2.05) is 28.9 Å². The van der Waals surface area contributed by atoms with Crippen LogP contribution in [0.1, 0.15) is 23.1 Å². The standard InChI is InChI=1S/C18H23N3O3S/c1-25(23,24)14-18(22)17-12-16-13-20(10-11-21(16)19-17)9-5-8-15-6-3-2-4-7-15/h2-8,12,18,22H,9-11,13-14H2,1H3/b8-5+/t18-/m1/s1. The van der Waals surface area contributed by atoms with Crippen LogP contribution in [-0.4, -0.2) is 53.3 Å². The van der Waals surface area contributed by atoms with Crippen molar-refractivity contribution in [1.29, 1.82) is 0 Å². The lowest BCUT2D eigenvalue weighted by molar-refractivity contribution is 0.194. The van der Waals surface area contributed by atoms with Crippen LogP contribution in [0.25, 0.3) is 6.08 Å². The maximum absolute atomic E-state index is 11.3. The molecule has 3 rings (SSSR count). The lowest BCUT2D eigenvalue weighted by atomic mass is 10.2. The van der Waals surface area contributed by atoms with Gasteiger partial charge in [-0.05, 0) is 11.6 Å². The lowest BCUT2D eigenvalue weighted by Crippen LogP contribution is -2.33. The number of benzene rings is 1. The minimum absolute atomic E-state index is 0.299. The number of sulfone groups is 1. The van der Waals surface area contributed by atoms with Crippen molar-refractivity contribution in [1.82, 2.24) is 14.7 Å². The molecule has 1 atom stereocenters. The monoisotopic (exact) mass is 361 g/mol. The average molecular weight is 361 g/mol. The number of fused-ring (bicyclic) bond motifs is 1. The number of nitrogens with zero attached hydrogens (tertiary/aromatic N) is 3. The van der Waals surface area contributed by atoms with Crippen LogP contribution >= 0.6 is 0 Å². The van der Waals surface area contributed by atoms with Gasteiger partial charge in [-0.2, -0.15) is 5.10 Å². The predicted molar refractivity (Wildman–Crippen MR) is 97.7 cm³/mol. The summed E-state index contributed by atoms with van der Waals surface area (Å²) in [5.74, 6) is -0.299. The molecule has 1 N–H and O–H groups in total. The second kappa shape index (κ2) is 7.51. The van der Waals surface area contributed by atoms with E-state index in [9.17, 15) is 13.5 Å². The number of hydrogen-bond acceptors (Lipinski definition) is 5. The first-order chi connectivity index (χ1) is 11.9. The molecule has 0 saturated heterocycles. The van der Waals surface area contributed by atoms with Gasteiger partial charge in [0, 0.05) is 25.9 Å². The molecule has 0 amide bonds. The van der Waals surface area contributed by atoms with Crippen molar-refractivity contribution in [2.75, 3.05) is 25.1 Å². The molecule has 25 heavy (non-hydrogen) atoms. The average Bonchev–Trinajstić information content (AvgIpc) is 2.98. The van der Waals surface area contributed by atoms with Gasteiger partial charge in [0.25, 0.3) is 0 Å². The fraction of sp³-hybridized carbons (Fsp3) is 0.389. The Balaban J connectivity index is 1.61. The molecule has 0 radical (unpaired) electrons. The van der Waals surface area contributed by atoms with Crippen molar-refractivity contribution in [3.63, 3.8) is 0 Å². The van der Waals surface area contributed by atoms with Crippen molar-refractivity contribution in [3.05, 3.63) is 59.4 Å². The van der Waals surface area contributed by atoms with Gasteiger partial charge >= 0.3 is 0 Å². The molecule has 0 bridgehead atoms. The van der Waals surface area contributed by atoms with Crippen LogP contribution in [0.5, 0.6) is 0 Å². The highest BCUT2D eigenvalue weighted by Crippen LogP contribution is 2.19. The Morgan fingerprint density at radius 1 is 1.28 bits per heavy atom. The van der Waals surface area contributed by atoms with E-state index in [4.69, 9.17) is 0 Å². The molecule has 0 unspecified atom stereocenters. The molecular formula is C18H23N3O3S. The van der Waals surface area contributed by atoms with Crippen LogP contribution in [-0.2, 0) is 22.9 Å². The largest absolute Gasteiger partial charge is 0.386 e. The SMILES string of the molecule is CS(=O)(=O)C[C@@H](O)c1cc2n(n1)CCN(C/C=C/c1ccccc1)C2. The Hall–Kier alpha value is -1.96. The minimum atomic E-state index is -3.24. The molecule has 0 fully saturated rings. The summed E-state index contributed by atoms with van der Waals surface area (Å²) in [7, 11) is -3.24. The Kier molecular flexibility index (Phi) is 5.36. The summed E-state index contributed by atoms with van der Waals surface area (Å²) in [6.45, 7) is 3.18. The zero-order chi connectivity index (χ0) is 17.9. The molecular weight excluding hydrogens is 338 g/mol. The second-order valence-electron chi connectivity index (χ2n) is 6.44. The molecule has 1 aliphatic rings. The summed E-state index contributed by atoms with van der Waals surface area (Å²) in [6.07, 6.45) is 4.29. The van der Waals surface area contributed by atoms with Crippen LogP contribution in [0.2, 0.25) is 0 Å². The zero-order valence-corrected chi connectivity index (χ0v) is 15.1. The van der Waals surface area contributed by atoms with Crippen LogP contribution in [0.15, 0.2) is 42.5 Å². The molecule has 7 heteroatoms. The maximum Gasteiger partial charge on any atom is 0.150 e. The van der Waals surface area contributed by atoms with Gasteiger partial charge in [0.2, 0.25) is 0 Å². The smallest absolute Gasteiger partial charge is 0.150 e. The van der Waals surface area contributed by atoms with E-state index >= 15 is 0 Å². The molecule has 0 spiro atoms. The summed E-state index contributed by atoms with van der Waals surface area (Å²) < 4.78 is 24.5. The van der Waals surface area contributed by atoms with Crippen molar-refractivity contribution in [2.24, 2.45) is 0 Å². The first-order valence-corrected chi connectivity index (χ1v) is 10.3. The van der Waals surface area contributed by atoms with E-state index in [2.05, 4.69) is 34.3 Å². The molecule has 1 aromatic heterocycles. The molecule has 2 aromatic rings. The van der Waals surface area contributed by atoms with E-state index in [1.165, 1.54) is 5.56 Å². The molecule has 1 aromatic carbocycles. The lowest BCUT2D eigenvalue weighted by Gasteiger charge is -2.26.